The van der Waals surface area contributed by atoms with Gasteiger partial charge in [0, 0.05) is 11.8 Å². The second kappa shape index (κ2) is 3.95. The predicted molar refractivity (Wildman–Crippen MR) is 52.3 cm³/mol. The lowest BCUT2D eigenvalue weighted by Crippen LogP contribution is -2.38. The third-order valence-electron chi connectivity index (χ3n) is 2.93. The van der Waals surface area contributed by atoms with Gasteiger partial charge < -0.3 is 4.74 Å². The number of esters is 1. The zero-order chi connectivity index (χ0) is 9.90. The van der Waals surface area contributed by atoms with Crippen LogP contribution in [0.1, 0.15) is 33.6 Å². The quantitative estimate of drug-likeness (QED) is 0.484. The normalized spacial score (nSPS) is 35.0. The van der Waals surface area contributed by atoms with Crippen LogP contribution < -0.4 is 0 Å². The highest BCUT2D eigenvalue weighted by atomic mass is 16.5. The summed E-state index contributed by atoms with van der Waals surface area (Å²) >= 11 is 0. The monoisotopic (exact) mass is 182 g/mol. The smallest absolute Gasteiger partial charge is 0.306 e. The van der Waals surface area contributed by atoms with Crippen LogP contribution >= 0.6 is 0 Å². The lowest BCUT2D eigenvalue weighted by atomic mass is 9.73. The van der Waals surface area contributed by atoms with Gasteiger partial charge in [0.05, 0.1) is 0 Å². The van der Waals surface area contributed by atoms with Gasteiger partial charge in [-0.15, -0.1) is 0 Å². The van der Waals surface area contributed by atoms with Gasteiger partial charge in [0.25, 0.3) is 0 Å². The molecule has 1 aliphatic rings. The van der Waals surface area contributed by atoms with Crippen LogP contribution in [0.3, 0.4) is 0 Å². The van der Waals surface area contributed by atoms with Crippen molar-refractivity contribution in [2.24, 2.45) is 11.3 Å². The molecule has 13 heavy (non-hydrogen) atoms. The lowest BCUT2D eigenvalue weighted by molar-refractivity contribution is -0.156. The molecule has 1 saturated heterocycles. The Balaban J connectivity index is 2.77. The van der Waals surface area contributed by atoms with Crippen molar-refractivity contribution in [2.75, 3.05) is 6.61 Å². The van der Waals surface area contributed by atoms with E-state index in [1.807, 2.05) is 13.0 Å². The molecule has 0 amide bonds. The molecule has 0 aromatic heterocycles. The van der Waals surface area contributed by atoms with Crippen LogP contribution in [0.15, 0.2) is 12.2 Å². The van der Waals surface area contributed by atoms with Crippen LogP contribution in [0.4, 0.5) is 0 Å². The van der Waals surface area contributed by atoms with Crippen LogP contribution in [0, 0.1) is 11.3 Å². The zero-order valence-corrected chi connectivity index (χ0v) is 8.67. The summed E-state index contributed by atoms with van der Waals surface area (Å²) in [5.41, 5.74) is 0.0530. The molecule has 2 nitrogen and oxygen atoms in total. The maximum absolute atomic E-state index is 11.1. The van der Waals surface area contributed by atoms with Gasteiger partial charge in [-0.2, -0.15) is 0 Å². The Morgan fingerprint density at radius 2 is 2.38 bits per heavy atom. The van der Waals surface area contributed by atoms with E-state index in [1.165, 1.54) is 0 Å². The van der Waals surface area contributed by atoms with Crippen molar-refractivity contribution >= 4 is 5.97 Å². The standard InChI is InChI=1S/C11H18O2/c1-4-6-11(3)8-13-10(12)7-9(11)5-2/h4,6,9H,5,7-8H2,1-3H3/b6-4-. The number of rotatable bonds is 2. The fourth-order valence-electron chi connectivity index (χ4n) is 2.02. The maximum Gasteiger partial charge on any atom is 0.306 e. The van der Waals surface area contributed by atoms with E-state index < -0.39 is 0 Å². The van der Waals surface area contributed by atoms with Crippen LogP contribution in [0.5, 0.6) is 0 Å². The minimum Gasteiger partial charge on any atom is -0.465 e. The largest absolute Gasteiger partial charge is 0.465 e. The molecule has 0 aromatic rings. The van der Waals surface area contributed by atoms with Crippen molar-refractivity contribution in [1.82, 2.24) is 0 Å². The molecule has 0 saturated carbocycles. The molecular formula is C11H18O2. The van der Waals surface area contributed by atoms with E-state index in [4.69, 9.17) is 4.74 Å². The van der Waals surface area contributed by atoms with Gasteiger partial charge >= 0.3 is 5.97 Å². The lowest BCUT2D eigenvalue weighted by Gasteiger charge is -2.37. The van der Waals surface area contributed by atoms with Gasteiger partial charge in [0.15, 0.2) is 0 Å². The number of cyclic esters (lactones) is 1. The first kappa shape index (κ1) is 10.3. The first-order valence-electron chi connectivity index (χ1n) is 4.92. The molecule has 74 valence electrons. The second-order valence-electron chi connectivity index (χ2n) is 3.98. The first-order valence-corrected chi connectivity index (χ1v) is 4.92. The molecule has 0 aliphatic carbocycles. The van der Waals surface area contributed by atoms with E-state index in [1.54, 1.807) is 0 Å². The van der Waals surface area contributed by atoms with Gasteiger partial charge in [0.2, 0.25) is 0 Å². The average molecular weight is 182 g/mol. The number of carbonyl (C=O) groups is 1. The Morgan fingerprint density at radius 3 is 2.92 bits per heavy atom. The summed E-state index contributed by atoms with van der Waals surface area (Å²) in [6.07, 6.45) is 5.81. The predicted octanol–water partition coefficient (Wildman–Crippen LogP) is 2.54. The molecule has 2 unspecified atom stereocenters. The summed E-state index contributed by atoms with van der Waals surface area (Å²) in [5.74, 6) is 0.388. The molecule has 0 spiro atoms. The second-order valence-corrected chi connectivity index (χ2v) is 3.98. The minimum atomic E-state index is -0.0474. The Hall–Kier alpha value is -0.790. The maximum atomic E-state index is 11.1. The van der Waals surface area contributed by atoms with Gasteiger partial charge in [-0.3, -0.25) is 4.79 Å². The molecule has 0 radical (unpaired) electrons. The highest BCUT2D eigenvalue weighted by Gasteiger charge is 2.37. The van der Waals surface area contributed by atoms with E-state index in [0.717, 1.165) is 6.42 Å². The third-order valence-corrected chi connectivity index (χ3v) is 2.93. The van der Waals surface area contributed by atoms with Gasteiger partial charge in [-0.1, -0.05) is 32.4 Å². The van der Waals surface area contributed by atoms with Crippen LogP contribution in [0.25, 0.3) is 0 Å². The Morgan fingerprint density at radius 1 is 1.69 bits per heavy atom. The molecule has 2 heteroatoms. The molecule has 2 atom stereocenters. The van der Waals surface area contributed by atoms with Crippen molar-refractivity contribution < 1.29 is 9.53 Å². The SMILES string of the molecule is C/C=C\C1(C)COC(=O)CC1CC. The van der Waals surface area contributed by atoms with Crippen molar-refractivity contribution in [3.05, 3.63) is 12.2 Å². The van der Waals surface area contributed by atoms with Crippen LogP contribution in [0.2, 0.25) is 0 Å². The summed E-state index contributed by atoms with van der Waals surface area (Å²) in [4.78, 5) is 11.1. The molecule has 1 aliphatic heterocycles. The molecule has 0 bridgehead atoms. The van der Waals surface area contributed by atoms with E-state index >= 15 is 0 Å². The third kappa shape index (κ3) is 2.11. The van der Waals surface area contributed by atoms with Crippen LogP contribution in [-0.2, 0) is 9.53 Å². The molecule has 0 N–H and O–H groups in total. The van der Waals surface area contributed by atoms with E-state index in [2.05, 4.69) is 19.9 Å². The van der Waals surface area contributed by atoms with Gasteiger partial charge in [-0.25, -0.2) is 0 Å². The summed E-state index contributed by atoms with van der Waals surface area (Å²) in [5, 5.41) is 0. The number of ether oxygens (including phenoxy) is 1. The fraction of sp³-hybridized carbons (Fsp3) is 0.727. The van der Waals surface area contributed by atoms with Crippen molar-refractivity contribution in [3.63, 3.8) is 0 Å². The Kier molecular flexibility index (Phi) is 3.12. The molecule has 1 fully saturated rings. The Bertz CT molecular complexity index is 220. The number of allylic oxidation sites excluding steroid dienone is 1. The highest BCUT2D eigenvalue weighted by molar-refractivity contribution is 5.70. The molecule has 0 aromatic carbocycles. The van der Waals surface area contributed by atoms with Gasteiger partial charge in [0.1, 0.15) is 6.61 Å². The topological polar surface area (TPSA) is 26.3 Å². The summed E-state index contributed by atoms with van der Waals surface area (Å²) in [6, 6.07) is 0. The van der Waals surface area contributed by atoms with Crippen LogP contribution in [-0.4, -0.2) is 12.6 Å². The summed E-state index contributed by atoms with van der Waals surface area (Å²) in [7, 11) is 0. The van der Waals surface area contributed by atoms with E-state index in [9.17, 15) is 4.79 Å². The highest BCUT2D eigenvalue weighted by Crippen LogP contribution is 2.37. The van der Waals surface area contributed by atoms with Gasteiger partial charge in [-0.05, 0) is 12.8 Å². The number of hydrogen-bond acceptors (Lipinski definition) is 2. The summed E-state index contributed by atoms with van der Waals surface area (Å²) < 4.78 is 5.09. The van der Waals surface area contributed by atoms with Crippen molar-refractivity contribution in [2.45, 2.75) is 33.6 Å². The first-order chi connectivity index (χ1) is 6.12. The number of hydrogen-bond donors (Lipinski definition) is 0. The zero-order valence-electron chi connectivity index (χ0n) is 8.67. The molecule has 1 rings (SSSR count). The van der Waals surface area contributed by atoms with E-state index in [0.29, 0.717) is 18.9 Å². The average Bonchev–Trinajstić information content (AvgIpc) is 2.10. The van der Waals surface area contributed by atoms with Crippen molar-refractivity contribution in [3.8, 4) is 0 Å². The van der Waals surface area contributed by atoms with E-state index in [-0.39, 0.29) is 11.4 Å². The molecular weight excluding hydrogens is 164 g/mol. The Labute approximate surface area is 80.0 Å². The fourth-order valence-corrected chi connectivity index (χ4v) is 2.02. The minimum absolute atomic E-state index is 0.0474. The molecule has 1 heterocycles. The number of carbonyl (C=O) groups excluding carboxylic acids is 1. The summed E-state index contributed by atoms with van der Waals surface area (Å²) in [6.45, 7) is 6.84. The van der Waals surface area contributed by atoms with Crippen molar-refractivity contribution in [1.29, 1.82) is 0 Å².